The Balaban J connectivity index is 0.000000350. The number of alkyl halides is 4. The minimum absolute atomic E-state index is 0.474. The average Bonchev–Trinajstić information content (AvgIpc) is 3.16. The lowest BCUT2D eigenvalue weighted by atomic mass is 9.97. The van der Waals surface area contributed by atoms with Gasteiger partial charge in [0.2, 0.25) is 6.36 Å². The highest BCUT2D eigenvalue weighted by Crippen LogP contribution is 2.25. The van der Waals surface area contributed by atoms with E-state index in [1.54, 1.807) is 6.92 Å². The molecular weight excluding hydrogens is 780 g/mol. The molecule has 0 amide bonds. The molecule has 0 aromatic carbocycles. The van der Waals surface area contributed by atoms with Gasteiger partial charge in [0.05, 0.1) is 30.5 Å². The predicted molar refractivity (Wildman–Crippen MR) is 173 cm³/mol. The van der Waals surface area contributed by atoms with Gasteiger partial charge in [-0.2, -0.15) is 0 Å². The van der Waals surface area contributed by atoms with Crippen LogP contribution in [0.25, 0.3) is 0 Å². The van der Waals surface area contributed by atoms with Crippen molar-refractivity contribution < 1.29 is 123 Å². The first kappa shape index (κ1) is 52.9. The Morgan fingerprint density at radius 2 is 0.696 bits per heavy atom. The monoisotopic (exact) mass is 838 g/mol. The number of aliphatic hydroxyl groups excluding tert-OH is 16. The zero-order valence-electron chi connectivity index (χ0n) is 30.8. The molecule has 0 saturated carbocycles. The number of ether oxygens (including phenoxy) is 5. The molecule has 25 atom stereocenters. The van der Waals surface area contributed by atoms with Crippen LogP contribution in [0, 0.1) is 0 Å². The highest BCUT2D eigenvalue weighted by atomic mass is 18.2. The molecule has 5 aliphatic rings. The van der Waals surface area contributed by atoms with Crippen LogP contribution >= 0.6 is 0 Å². The first-order valence-electron chi connectivity index (χ1n) is 17.5. The van der Waals surface area contributed by atoms with Crippen molar-refractivity contribution in [2.45, 2.75) is 195 Å². The van der Waals surface area contributed by atoms with Crippen LogP contribution in [0.5, 0.6) is 0 Å². The van der Waals surface area contributed by atoms with E-state index in [1.165, 1.54) is 27.7 Å². The summed E-state index contributed by atoms with van der Waals surface area (Å²) in [7, 11) is 0. The highest BCUT2D eigenvalue weighted by Gasteiger charge is 2.45. The summed E-state index contributed by atoms with van der Waals surface area (Å²) in [5.74, 6) is 0. The van der Waals surface area contributed by atoms with Crippen molar-refractivity contribution in [2.75, 3.05) is 0 Å². The summed E-state index contributed by atoms with van der Waals surface area (Å²) < 4.78 is 73.6. The van der Waals surface area contributed by atoms with Crippen LogP contribution in [0.3, 0.4) is 0 Å². The summed E-state index contributed by atoms with van der Waals surface area (Å²) in [5, 5.41) is 143. The van der Waals surface area contributed by atoms with Crippen LogP contribution in [0.1, 0.15) is 41.0 Å². The van der Waals surface area contributed by atoms with Gasteiger partial charge in [-0.25, -0.2) is 17.6 Å². The summed E-state index contributed by atoms with van der Waals surface area (Å²) in [4.78, 5) is 0. The summed E-state index contributed by atoms with van der Waals surface area (Å²) in [6.45, 7) is 7.43. The van der Waals surface area contributed by atoms with Gasteiger partial charge in [-0.15, -0.1) is 0 Å². The molecule has 25 heteroatoms. The second-order valence-corrected chi connectivity index (χ2v) is 13.6. The SMILES string of the molecule is CC[C@@H]1OC(O)[C@H](O)[C@H](O)[C@H]1O.C[C@@H]1OC(O)[C@H](O)[C@H](O)[C@H]1[18F].C[C@@H]1OC(O)[C@H](O)[C@H]([18F])[C@H]1O.C[C@@H]1OC(O)[C@H]([18F])[C@H](O)[C@H]1O.C[C@@H]1OC([18F])[C@H](O)[C@H](O)[C@H]1O. The summed E-state index contributed by atoms with van der Waals surface area (Å²) in [5.41, 5.74) is 0. The molecule has 0 radical (unpaired) electrons. The Morgan fingerprint density at radius 3 is 1.23 bits per heavy atom. The van der Waals surface area contributed by atoms with Crippen molar-refractivity contribution in [3.63, 3.8) is 0 Å². The Labute approximate surface area is 318 Å². The first-order chi connectivity index (χ1) is 25.7. The highest BCUT2D eigenvalue weighted by molar-refractivity contribution is 4.90. The van der Waals surface area contributed by atoms with E-state index in [-0.39, 0.29) is 0 Å². The third-order valence-electron chi connectivity index (χ3n) is 9.22. The standard InChI is InChI=1S/C7H14O5.4C6H11FO4/c1-2-3-4(8)5(9)6(10)7(11)12-3;1-2-4(8)5(9)3(7)6(10)11-2;1-2-4(8)3(7)5(9)6(10)11-2;1-2-3(8)4(9)5(10)6(7)11-2;1-2-3(7)4(8)5(9)6(10)11-2/h3-11H,2H2,1H3;4*2-6,8-10H,1H3/t3-,4-,5+,6+,7?;2-,3+,4-,5-,6?;2-,3+,4-,5+,6?;2*2-,3-,4+,5+,6?/m00000/s1/i;4*7-1. The summed E-state index contributed by atoms with van der Waals surface area (Å²) in [6.07, 6.45) is -33.9. The van der Waals surface area contributed by atoms with Crippen molar-refractivity contribution in [1.29, 1.82) is 0 Å². The minimum atomic E-state index is -1.93. The first-order valence-corrected chi connectivity index (χ1v) is 17.5. The molecule has 336 valence electrons. The quantitative estimate of drug-likeness (QED) is 0.109. The topological polar surface area (TPSA) is 370 Å². The van der Waals surface area contributed by atoms with Crippen molar-refractivity contribution in [3.05, 3.63) is 0 Å². The van der Waals surface area contributed by atoms with E-state index >= 15 is 0 Å². The van der Waals surface area contributed by atoms with Gasteiger partial charge in [-0.1, -0.05) is 6.92 Å². The van der Waals surface area contributed by atoms with Crippen molar-refractivity contribution in [1.82, 2.24) is 0 Å². The van der Waals surface area contributed by atoms with E-state index in [4.69, 9.17) is 76.2 Å². The van der Waals surface area contributed by atoms with E-state index in [0.717, 1.165) is 0 Å². The molecule has 0 aliphatic carbocycles. The third kappa shape index (κ3) is 14.0. The lowest BCUT2D eigenvalue weighted by molar-refractivity contribution is -0.281. The molecule has 0 aromatic heterocycles. The maximum absolute atomic E-state index is 12.7. The number of hydrogen-bond acceptors (Lipinski definition) is 21. The number of halogens is 4. The van der Waals surface area contributed by atoms with Gasteiger partial charge in [0.15, 0.2) is 43.7 Å². The van der Waals surface area contributed by atoms with Gasteiger partial charge in [0, 0.05) is 0 Å². The fraction of sp³-hybridized carbons (Fsp3) is 1.00. The number of rotatable bonds is 1. The molecule has 56 heavy (non-hydrogen) atoms. The van der Waals surface area contributed by atoms with Gasteiger partial charge in [-0.05, 0) is 34.1 Å². The van der Waals surface area contributed by atoms with Crippen LogP contribution in [-0.4, -0.2) is 236 Å². The van der Waals surface area contributed by atoms with Gasteiger partial charge < -0.3 is 105 Å². The molecule has 5 heterocycles. The molecule has 5 saturated heterocycles. The Kier molecular flexibility index (Phi) is 22.3. The van der Waals surface area contributed by atoms with Gasteiger partial charge >= 0.3 is 0 Å². The van der Waals surface area contributed by atoms with Crippen molar-refractivity contribution >= 4 is 0 Å². The zero-order chi connectivity index (χ0) is 43.7. The molecule has 0 spiro atoms. The van der Waals surface area contributed by atoms with Crippen LogP contribution in [0.4, 0.5) is 17.6 Å². The third-order valence-corrected chi connectivity index (χ3v) is 9.22. The maximum Gasteiger partial charge on any atom is 0.228 e. The second-order valence-electron chi connectivity index (χ2n) is 13.6. The Bertz CT molecular complexity index is 910. The molecule has 5 rings (SSSR count). The largest absolute Gasteiger partial charge is 0.388 e. The van der Waals surface area contributed by atoms with E-state index in [1.807, 2.05) is 0 Å². The molecule has 21 nitrogen and oxygen atoms in total. The lowest BCUT2D eigenvalue weighted by Gasteiger charge is -2.37. The summed E-state index contributed by atoms with van der Waals surface area (Å²) >= 11 is 0. The predicted octanol–water partition coefficient (Wildman–Crippen LogP) is -6.67. The zero-order valence-corrected chi connectivity index (χ0v) is 30.8. The fourth-order valence-corrected chi connectivity index (χ4v) is 5.29. The van der Waals surface area contributed by atoms with Crippen LogP contribution < -0.4 is 0 Å². The van der Waals surface area contributed by atoms with Crippen LogP contribution in [-0.2, 0) is 23.7 Å². The van der Waals surface area contributed by atoms with Crippen LogP contribution in [0.15, 0.2) is 0 Å². The smallest absolute Gasteiger partial charge is 0.228 e. The normalized spacial score (nSPS) is 51.9. The molecule has 16 N–H and O–H groups in total. The Hall–Kier alpha value is -1.12. The van der Waals surface area contributed by atoms with E-state index in [2.05, 4.69) is 18.9 Å². The molecule has 0 bridgehead atoms. The van der Waals surface area contributed by atoms with Crippen molar-refractivity contribution in [3.8, 4) is 0 Å². The molecular formula is C31H58F4O21. The van der Waals surface area contributed by atoms with Gasteiger partial charge in [-0.3, -0.25) is 0 Å². The molecule has 0 aromatic rings. The maximum atomic E-state index is 12.7. The molecule has 5 fully saturated rings. The van der Waals surface area contributed by atoms with E-state index < -0.39 is 154 Å². The molecule has 5 unspecified atom stereocenters. The second kappa shape index (κ2) is 23.6. The van der Waals surface area contributed by atoms with Gasteiger partial charge in [0.25, 0.3) is 0 Å². The van der Waals surface area contributed by atoms with E-state index in [9.17, 15) is 27.8 Å². The minimum Gasteiger partial charge on any atom is -0.388 e. The average molecular weight is 839 g/mol. The van der Waals surface area contributed by atoms with Crippen molar-refractivity contribution in [2.24, 2.45) is 0 Å². The number of hydrogen-bond donors (Lipinski definition) is 16. The lowest BCUT2D eigenvalue weighted by Crippen LogP contribution is -2.57. The van der Waals surface area contributed by atoms with E-state index in [0.29, 0.717) is 6.42 Å². The fourth-order valence-electron chi connectivity index (χ4n) is 5.29. The summed E-state index contributed by atoms with van der Waals surface area (Å²) in [6, 6.07) is 0. The van der Waals surface area contributed by atoms with Gasteiger partial charge in [0.1, 0.15) is 73.2 Å². The number of aliphatic hydroxyl groups is 16. The van der Waals surface area contributed by atoms with Crippen LogP contribution in [0.2, 0.25) is 0 Å². The molecule has 5 aliphatic heterocycles. The Morgan fingerprint density at radius 1 is 0.321 bits per heavy atom.